The lowest BCUT2D eigenvalue weighted by molar-refractivity contribution is 0.0984. The molecule has 0 radical (unpaired) electrons. The largest absolute Gasteiger partial charge is 0.506 e. The Hall–Kier alpha value is -2.73. The molecule has 0 saturated heterocycles. The minimum atomic E-state index is -0.508. The first kappa shape index (κ1) is 18.1. The second-order valence-electron chi connectivity index (χ2n) is 5.86. The van der Waals surface area contributed by atoms with E-state index in [1.807, 2.05) is 37.4 Å². The number of rotatable bonds is 4. The maximum absolute atomic E-state index is 13.1. The Balaban J connectivity index is 2.23. The number of aromatic hydroxyl groups is 1. The quantitative estimate of drug-likeness (QED) is 0.714. The van der Waals surface area contributed by atoms with Crippen molar-refractivity contribution in [3.05, 3.63) is 64.4 Å². The van der Waals surface area contributed by atoms with Crippen LogP contribution in [0.4, 0.5) is 5.69 Å². The van der Waals surface area contributed by atoms with Crippen LogP contribution in [0.1, 0.15) is 17.3 Å². The first-order chi connectivity index (χ1) is 12.5. The van der Waals surface area contributed by atoms with Gasteiger partial charge in [0.2, 0.25) is 0 Å². The molecule has 1 amide bonds. The Labute approximate surface area is 155 Å². The molecule has 3 aromatic rings. The minimum absolute atomic E-state index is 0.205. The molecule has 26 heavy (non-hydrogen) atoms. The van der Waals surface area contributed by atoms with Gasteiger partial charge in [-0.1, -0.05) is 18.2 Å². The average Bonchev–Trinajstić information content (AvgIpc) is 2.67. The summed E-state index contributed by atoms with van der Waals surface area (Å²) in [4.78, 5) is 28.3. The number of carbonyl (C=O) groups is 1. The standard InChI is InChI=1S/C20H20N2O3S/c1-4-22(13-8-6-5-7-9-13)20(25)17-18(23)15-12-14(26-3)10-11-16(15)21(2)19(17)24/h5-12,23H,4H2,1-3H3. The normalized spacial score (nSPS) is 10.9. The summed E-state index contributed by atoms with van der Waals surface area (Å²) >= 11 is 1.53. The van der Waals surface area contributed by atoms with E-state index < -0.39 is 11.5 Å². The number of nitrogens with zero attached hydrogens (tertiary/aromatic N) is 2. The van der Waals surface area contributed by atoms with Gasteiger partial charge in [0.15, 0.2) is 0 Å². The fourth-order valence-electron chi connectivity index (χ4n) is 3.02. The molecule has 0 atom stereocenters. The van der Waals surface area contributed by atoms with E-state index in [0.29, 0.717) is 23.1 Å². The van der Waals surface area contributed by atoms with Gasteiger partial charge in [0, 0.05) is 29.6 Å². The van der Waals surface area contributed by atoms with Crippen molar-refractivity contribution in [2.24, 2.45) is 7.05 Å². The van der Waals surface area contributed by atoms with E-state index in [-0.39, 0.29) is 11.3 Å². The Bertz CT molecular complexity index is 1030. The number of hydrogen-bond acceptors (Lipinski definition) is 4. The van der Waals surface area contributed by atoms with E-state index in [2.05, 4.69) is 0 Å². The molecule has 0 aliphatic heterocycles. The summed E-state index contributed by atoms with van der Waals surface area (Å²) in [5, 5.41) is 11.3. The van der Waals surface area contributed by atoms with Crippen molar-refractivity contribution >= 4 is 34.3 Å². The van der Waals surface area contributed by atoms with Gasteiger partial charge in [-0.25, -0.2) is 0 Å². The highest BCUT2D eigenvalue weighted by Gasteiger charge is 2.26. The van der Waals surface area contributed by atoms with Crippen LogP contribution in [-0.2, 0) is 7.05 Å². The number of benzene rings is 2. The van der Waals surface area contributed by atoms with Crippen LogP contribution in [0.2, 0.25) is 0 Å². The van der Waals surface area contributed by atoms with Crippen LogP contribution in [0.3, 0.4) is 0 Å². The third-order valence-electron chi connectivity index (χ3n) is 4.42. The molecule has 0 saturated carbocycles. The average molecular weight is 368 g/mol. The number of hydrogen-bond donors (Lipinski definition) is 1. The Morgan fingerprint density at radius 3 is 2.50 bits per heavy atom. The first-order valence-electron chi connectivity index (χ1n) is 8.26. The molecule has 134 valence electrons. The van der Waals surface area contributed by atoms with Crippen LogP contribution in [0.5, 0.6) is 5.75 Å². The number of pyridine rings is 1. The lowest BCUT2D eigenvalue weighted by Gasteiger charge is -2.22. The molecular weight excluding hydrogens is 348 g/mol. The van der Waals surface area contributed by atoms with Gasteiger partial charge in [0.1, 0.15) is 11.3 Å². The number of carbonyl (C=O) groups excluding carboxylic acids is 1. The maximum Gasteiger partial charge on any atom is 0.267 e. The lowest BCUT2D eigenvalue weighted by atomic mass is 10.1. The zero-order valence-electron chi connectivity index (χ0n) is 14.9. The van der Waals surface area contributed by atoms with Crippen LogP contribution in [0.25, 0.3) is 10.9 Å². The van der Waals surface area contributed by atoms with Crippen molar-refractivity contribution in [1.82, 2.24) is 4.57 Å². The van der Waals surface area contributed by atoms with Gasteiger partial charge in [0.05, 0.1) is 5.52 Å². The molecule has 1 aromatic heterocycles. The van der Waals surface area contributed by atoms with Crippen molar-refractivity contribution in [3.63, 3.8) is 0 Å². The van der Waals surface area contributed by atoms with Crippen molar-refractivity contribution in [3.8, 4) is 5.75 Å². The fourth-order valence-corrected chi connectivity index (χ4v) is 3.46. The van der Waals surface area contributed by atoms with Gasteiger partial charge in [-0.3, -0.25) is 9.59 Å². The summed E-state index contributed by atoms with van der Waals surface area (Å²) in [5.74, 6) is -0.772. The van der Waals surface area contributed by atoms with E-state index in [4.69, 9.17) is 0 Å². The van der Waals surface area contributed by atoms with Crippen LogP contribution in [0, 0.1) is 0 Å². The number of aromatic nitrogens is 1. The summed E-state index contributed by atoms with van der Waals surface area (Å²) < 4.78 is 1.41. The predicted octanol–water partition coefficient (Wildman–Crippen LogP) is 3.63. The first-order valence-corrected chi connectivity index (χ1v) is 9.48. The second kappa shape index (κ2) is 7.25. The van der Waals surface area contributed by atoms with Crippen molar-refractivity contribution in [2.45, 2.75) is 11.8 Å². The molecule has 3 rings (SSSR count). The number of fused-ring (bicyclic) bond motifs is 1. The van der Waals surface area contributed by atoms with Gasteiger partial charge in [-0.05, 0) is 43.5 Å². The zero-order chi connectivity index (χ0) is 18.8. The number of aryl methyl sites for hydroxylation is 1. The molecule has 0 unspecified atom stereocenters. The molecule has 1 N–H and O–H groups in total. The highest BCUT2D eigenvalue weighted by atomic mass is 32.2. The number of para-hydroxylation sites is 1. The molecule has 0 spiro atoms. The molecule has 6 heteroatoms. The Morgan fingerprint density at radius 1 is 1.19 bits per heavy atom. The van der Waals surface area contributed by atoms with Crippen molar-refractivity contribution in [2.75, 3.05) is 17.7 Å². The smallest absolute Gasteiger partial charge is 0.267 e. The molecule has 1 heterocycles. The van der Waals surface area contributed by atoms with Gasteiger partial charge in [-0.15, -0.1) is 11.8 Å². The van der Waals surface area contributed by atoms with E-state index in [0.717, 1.165) is 4.90 Å². The van der Waals surface area contributed by atoms with Gasteiger partial charge in [0.25, 0.3) is 11.5 Å². The molecule has 0 fully saturated rings. The number of anilines is 1. The van der Waals surface area contributed by atoms with Crippen molar-refractivity contribution in [1.29, 1.82) is 0 Å². The number of amides is 1. The Kier molecular flexibility index (Phi) is 5.04. The van der Waals surface area contributed by atoms with Crippen LogP contribution in [-0.4, -0.2) is 28.4 Å². The summed E-state index contributed by atoms with van der Waals surface area (Å²) in [6.45, 7) is 2.22. The molecule has 2 aromatic carbocycles. The molecule has 0 aliphatic carbocycles. The van der Waals surface area contributed by atoms with Crippen molar-refractivity contribution < 1.29 is 9.90 Å². The van der Waals surface area contributed by atoms with Gasteiger partial charge < -0.3 is 14.6 Å². The summed E-state index contributed by atoms with van der Waals surface area (Å²) in [5.41, 5.74) is 0.555. The summed E-state index contributed by atoms with van der Waals surface area (Å²) in [6.07, 6.45) is 1.93. The van der Waals surface area contributed by atoms with E-state index >= 15 is 0 Å². The molecule has 5 nitrogen and oxygen atoms in total. The third-order valence-corrected chi connectivity index (χ3v) is 5.14. The monoisotopic (exact) mass is 368 g/mol. The second-order valence-corrected chi connectivity index (χ2v) is 6.74. The van der Waals surface area contributed by atoms with Gasteiger partial charge >= 0.3 is 0 Å². The highest BCUT2D eigenvalue weighted by molar-refractivity contribution is 7.98. The summed E-state index contributed by atoms with van der Waals surface area (Å²) in [6, 6.07) is 14.6. The maximum atomic E-state index is 13.1. The lowest BCUT2D eigenvalue weighted by Crippen LogP contribution is -2.36. The molecule has 0 bridgehead atoms. The van der Waals surface area contributed by atoms with Crippen LogP contribution < -0.4 is 10.5 Å². The Morgan fingerprint density at radius 2 is 1.88 bits per heavy atom. The topological polar surface area (TPSA) is 62.5 Å². The third kappa shape index (κ3) is 2.97. The van der Waals surface area contributed by atoms with E-state index in [9.17, 15) is 14.7 Å². The zero-order valence-corrected chi connectivity index (χ0v) is 15.7. The SMILES string of the molecule is CCN(C(=O)c1c(O)c2cc(SC)ccc2n(C)c1=O)c1ccccc1. The number of thioether (sulfide) groups is 1. The predicted molar refractivity (Wildman–Crippen MR) is 106 cm³/mol. The van der Waals surface area contributed by atoms with Gasteiger partial charge in [-0.2, -0.15) is 0 Å². The van der Waals surface area contributed by atoms with E-state index in [1.54, 1.807) is 31.3 Å². The summed E-state index contributed by atoms with van der Waals surface area (Å²) in [7, 11) is 1.61. The van der Waals surface area contributed by atoms with Crippen LogP contribution >= 0.6 is 11.8 Å². The van der Waals surface area contributed by atoms with E-state index in [1.165, 1.54) is 21.2 Å². The highest BCUT2D eigenvalue weighted by Crippen LogP contribution is 2.31. The van der Waals surface area contributed by atoms with Crippen LogP contribution in [0.15, 0.2) is 58.2 Å². The molecule has 0 aliphatic rings. The minimum Gasteiger partial charge on any atom is -0.506 e. The fraction of sp³-hybridized carbons (Fsp3) is 0.200. The molecular formula is C20H20N2O3S.